The van der Waals surface area contributed by atoms with E-state index >= 15 is 0 Å². The van der Waals surface area contributed by atoms with E-state index in [4.69, 9.17) is 11.5 Å². The molecule has 0 bridgehead atoms. The van der Waals surface area contributed by atoms with E-state index in [1.807, 2.05) is 12.1 Å². The molecular weight excluding hydrogens is 282 g/mol. The summed E-state index contributed by atoms with van der Waals surface area (Å²) in [6.45, 7) is 0.502. The summed E-state index contributed by atoms with van der Waals surface area (Å²) in [7, 11) is 1.79. The van der Waals surface area contributed by atoms with E-state index in [2.05, 4.69) is 20.4 Å². The van der Waals surface area contributed by atoms with Gasteiger partial charge in [-0.1, -0.05) is 12.1 Å². The summed E-state index contributed by atoms with van der Waals surface area (Å²) < 4.78 is 1.64. The van der Waals surface area contributed by atoms with Gasteiger partial charge in [-0.25, -0.2) is 0 Å². The summed E-state index contributed by atoms with van der Waals surface area (Å²) in [5, 5.41) is 7.93. The second-order valence-electron chi connectivity index (χ2n) is 4.85. The van der Waals surface area contributed by atoms with Gasteiger partial charge in [-0.3, -0.25) is 9.48 Å². The van der Waals surface area contributed by atoms with Crippen LogP contribution in [0.2, 0.25) is 0 Å². The SMILES string of the molecule is Cn1ncc2c(N)nc(NCc3ccc(C(N)=O)cc3)nc21. The van der Waals surface area contributed by atoms with Gasteiger partial charge in [0.05, 0.1) is 11.6 Å². The lowest BCUT2D eigenvalue weighted by molar-refractivity contribution is 0.100. The van der Waals surface area contributed by atoms with Gasteiger partial charge < -0.3 is 16.8 Å². The Hall–Kier alpha value is -3.16. The molecule has 0 unspecified atom stereocenters. The molecule has 0 radical (unpaired) electrons. The molecule has 0 aliphatic heterocycles. The first-order chi connectivity index (χ1) is 10.5. The van der Waals surface area contributed by atoms with Crippen LogP contribution in [0.15, 0.2) is 30.5 Å². The summed E-state index contributed by atoms with van der Waals surface area (Å²) in [6.07, 6.45) is 1.64. The van der Waals surface area contributed by atoms with Crippen LogP contribution in [0.25, 0.3) is 11.0 Å². The Labute approximate surface area is 126 Å². The molecule has 8 heteroatoms. The number of nitrogens with zero attached hydrogens (tertiary/aromatic N) is 4. The van der Waals surface area contributed by atoms with Crippen LogP contribution < -0.4 is 16.8 Å². The summed E-state index contributed by atoms with van der Waals surface area (Å²) in [5.41, 5.74) is 13.2. The van der Waals surface area contributed by atoms with Crippen molar-refractivity contribution < 1.29 is 4.79 Å². The zero-order valence-corrected chi connectivity index (χ0v) is 11.9. The van der Waals surface area contributed by atoms with E-state index in [-0.39, 0.29) is 0 Å². The number of nitrogens with two attached hydrogens (primary N) is 2. The van der Waals surface area contributed by atoms with Gasteiger partial charge in [-0.2, -0.15) is 15.1 Å². The summed E-state index contributed by atoms with van der Waals surface area (Å²) in [6, 6.07) is 7.00. The molecule has 0 aliphatic rings. The monoisotopic (exact) mass is 297 g/mol. The fourth-order valence-corrected chi connectivity index (χ4v) is 2.09. The van der Waals surface area contributed by atoms with Crippen molar-refractivity contribution in [3.63, 3.8) is 0 Å². The van der Waals surface area contributed by atoms with Crippen LogP contribution in [0.5, 0.6) is 0 Å². The molecule has 0 fully saturated rings. The third-order valence-corrected chi connectivity index (χ3v) is 3.31. The van der Waals surface area contributed by atoms with Gasteiger partial charge in [0.1, 0.15) is 5.82 Å². The molecule has 0 atom stereocenters. The number of carbonyl (C=O) groups excluding carboxylic acids is 1. The molecule has 22 heavy (non-hydrogen) atoms. The number of carbonyl (C=O) groups is 1. The zero-order chi connectivity index (χ0) is 15.7. The van der Waals surface area contributed by atoms with Crippen molar-refractivity contribution in [3.8, 4) is 0 Å². The fourth-order valence-electron chi connectivity index (χ4n) is 2.09. The molecule has 5 N–H and O–H groups in total. The van der Waals surface area contributed by atoms with Gasteiger partial charge in [0, 0.05) is 19.2 Å². The normalized spacial score (nSPS) is 10.8. The standard InChI is InChI=1S/C14H15N7O/c1-21-13-10(7-18-21)11(15)19-14(20-13)17-6-8-2-4-9(5-3-8)12(16)22/h2-5,7H,6H2,1H3,(H2,16,22)(H3,15,17,19,20). The van der Waals surface area contributed by atoms with E-state index in [1.165, 1.54) is 0 Å². The number of nitrogens with one attached hydrogen (secondary N) is 1. The van der Waals surface area contributed by atoms with Crippen LogP contribution in [0, 0.1) is 0 Å². The molecule has 2 heterocycles. The molecule has 3 aromatic rings. The Bertz CT molecular complexity index is 838. The third-order valence-electron chi connectivity index (χ3n) is 3.31. The molecule has 2 aromatic heterocycles. The van der Waals surface area contributed by atoms with Crippen molar-refractivity contribution in [1.82, 2.24) is 19.7 Å². The maximum atomic E-state index is 11.0. The highest BCUT2D eigenvalue weighted by molar-refractivity contribution is 5.92. The second-order valence-corrected chi connectivity index (χ2v) is 4.85. The second kappa shape index (κ2) is 5.32. The number of nitrogen functional groups attached to an aromatic ring is 1. The minimum Gasteiger partial charge on any atom is -0.383 e. The van der Waals surface area contributed by atoms with Crippen LogP contribution in [-0.4, -0.2) is 25.7 Å². The number of aryl methyl sites for hydroxylation is 1. The summed E-state index contributed by atoms with van der Waals surface area (Å²) in [4.78, 5) is 19.6. The van der Waals surface area contributed by atoms with Crippen molar-refractivity contribution in [1.29, 1.82) is 0 Å². The first-order valence-corrected chi connectivity index (χ1v) is 6.62. The molecule has 1 aromatic carbocycles. The highest BCUT2D eigenvalue weighted by Gasteiger charge is 2.09. The van der Waals surface area contributed by atoms with Crippen molar-refractivity contribution in [2.75, 3.05) is 11.1 Å². The Morgan fingerprint density at radius 1 is 1.27 bits per heavy atom. The number of rotatable bonds is 4. The Morgan fingerprint density at radius 3 is 2.68 bits per heavy atom. The molecule has 0 saturated heterocycles. The van der Waals surface area contributed by atoms with Crippen LogP contribution in [-0.2, 0) is 13.6 Å². The van der Waals surface area contributed by atoms with Gasteiger partial charge in [0.25, 0.3) is 0 Å². The quantitative estimate of drug-likeness (QED) is 0.649. The number of anilines is 2. The number of benzene rings is 1. The number of primary amides is 1. The highest BCUT2D eigenvalue weighted by Crippen LogP contribution is 2.18. The number of aromatic nitrogens is 4. The average molecular weight is 297 g/mol. The van der Waals surface area contributed by atoms with Crippen molar-refractivity contribution in [2.45, 2.75) is 6.54 Å². The van der Waals surface area contributed by atoms with Gasteiger partial charge >= 0.3 is 0 Å². The van der Waals surface area contributed by atoms with Gasteiger partial charge in [-0.05, 0) is 17.7 Å². The smallest absolute Gasteiger partial charge is 0.248 e. The lowest BCUT2D eigenvalue weighted by Crippen LogP contribution is -2.11. The first-order valence-electron chi connectivity index (χ1n) is 6.62. The van der Waals surface area contributed by atoms with Crippen LogP contribution in [0.4, 0.5) is 11.8 Å². The van der Waals surface area contributed by atoms with E-state index in [0.717, 1.165) is 10.9 Å². The summed E-state index contributed by atoms with van der Waals surface area (Å²) >= 11 is 0. The molecule has 0 spiro atoms. The Morgan fingerprint density at radius 2 is 2.00 bits per heavy atom. The maximum absolute atomic E-state index is 11.0. The van der Waals surface area contributed by atoms with Gasteiger partial charge in [0.15, 0.2) is 5.65 Å². The molecule has 3 rings (SSSR count). The Kier molecular flexibility index (Phi) is 3.34. The predicted octanol–water partition coefficient (Wildman–Crippen LogP) is 0.656. The van der Waals surface area contributed by atoms with Crippen LogP contribution >= 0.6 is 0 Å². The third kappa shape index (κ3) is 2.53. The number of fused-ring (bicyclic) bond motifs is 1. The Balaban J connectivity index is 1.78. The lowest BCUT2D eigenvalue weighted by Gasteiger charge is -2.07. The zero-order valence-electron chi connectivity index (χ0n) is 11.9. The molecule has 0 saturated carbocycles. The van der Waals surface area contributed by atoms with Crippen LogP contribution in [0.1, 0.15) is 15.9 Å². The fraction of sp³-hybridized carbons (Fsp3) is 0.143. The summed E-state index contributed by atoms with van der Waals surface area (Å²) in [5.74, 6) is 0.356. The molecule has 0 aliphatic carbocycles. The van der Waals surface area contributed by atoms with Gasteiger partial charge in [0.2, 0.25) is 11.9 Å². The minimum absolute atomic E-state index is 0.379. The van der Waals surface area contributed by atoms with Gasteiger partial charge in [-0.15, -0.1) is 0 Å². The topological polar surface area (TPSA) is 125 Å². The lowest BCUT2D eigenvalue weighted by atomic mass is 10.1. The number of hydrogen-bond acceptors (Lipinski definition) is 6. The predicted molar refractivity (Wildman–Crippen MR) is 83.0 cm³/mol. The van der Waals surface area contributed by atoms with Crippen LogP contribution in [0.3, 0.4) is 0 Å². The van der Waals surface area contributed by atoms with E-state index in [1.54, 1.807) is 30.1 Å². The minimum atomic E-state index is -0.447. The number of amides is 1. The van der Waals surface area contributed by atoms with Crippen molar-refractivity contribution in [3.05, 3.63) is 41.6 Å². The maximum Gasteiger partial charge on any atom is 0.248 e. The average Bonchev–Trinajstić information content (AvgIpc) is 2.88. The molecular formula is C14H15N7O. The highest BCUT2D eigenvalue weighted by atomic mass is 16.1. The first kappa shape index (κ1) is 13.8. The molecule has 112 valence electrons. The van der Waals surface area contributed by atoms with E-state index < -0.39 is 5.91 Å². The van der Waals surface area contributed by atoms with Crippen molar-refractivity contribution >= 4 is 28.7 Å². The van der Waals surface area contributed by atoms with Crippen molar-refractivity contribution in [2.24, 2.45) is 12.8 Å². The molecule has 8 nitrogen and oxygen atoms in total. The largest absolute Gasteiger partial charge is 0.383 e. The van der Waals surface area contributed by atoms with E-state index in [9.17, 15) is 4.79 Å². The number of hydrogen-bond donors (Lipinski definition) is 3. The molecule has 1 amide bonds. The van der Waals surface area contributed by atoms with E-state index in [0.29, 0.717) is 29.5 Å².